The van der Waals surface area contributed by atoms with E-state index < -0.39 is 10.0 Å². The maximum absolute atomic E-state index is 13.1. The Labute approximate surface area is 193 Å². The first-order valence-corrected chi connectivity index (χ1v) is 13.1. The van der Waals surface area contributed by atoms with Gasteiger partial charge in [0, 0.05) is 30.9 Å². The van der Waals surface area contributed by atoms with Crippen molar-refractivity contribution in [1.82, 2.24) is 19.4 Å². The molecule has 9 heteroatoms. The van der Waals surface area contributed by atoms with E-state index >= 15 is 0 Å². The summed E-state index contributed by atoms with van der Waals surface area (Å²) in [5.74, 6) is -0.370. The normalized spacial score (nSPS) is 15.1. The SMILES string of the molecule is Cc1nn(Cc2ccccc2)c(C)c1CNC(=O)c1sccc1S(=O)(=O)N1CCCCC1. The number of aryl methyl sites for hydroxylation is 1. The Hall–Kier alpha value is -2.49. The number of nitrogens with zero attached hydrogens (tertiary/aromatic N) is 3. The molecule has 1 aromatic carbocycles. The van der Waals surface area contributed by atoms with Crippen LogP contribution in [0.3, 0.4) is 0 Å². The fourth-order valence-electron chi connectivity index (χ4n) is 4.06. The topological polar surface area (TPSA) is 84.3 Å². The molecule has 4 rings (SSSR count). The monoisotopic (exact) mass is 472 g/mol. The van der Waals surface area contributed by atoms with Crippen molar-refractivity contribution in [2.24, 2.45) is 0 Å². The van der Waals surface area contributed by atoms with Gasteiger partial charge in [0.1, 0.15) is 9.77 Å². The van der Waals surface area contributed by atoms with Crippen LogP contribution < -0.4 is 5.32 Å². The first-order valence-electron chi connectivity index (χ1n) is 10.8. The zero-order valence-electron chi connectivity index (χ0n) is 18.4. The average Bonchev–Trinajstić information content (AvgIpc) is 3.39. The van der Waals surface area contributed by atoms with Crippen molar-refractivity contribution in [2.75, 3.05) is 13.1 Å². The third-order valence-corrected chi connectivity index (χ3v) is 8.88. The highest BCUT2D eigenvalue weighted by molar-refractivity contribution is 7.89. The number of hydrogen-bond donors (Lipinski definition) is 1. The Morgan fingerprint density at radius 1 is 1.09 bits per heavy atom. The van der Waals surface area contributed by atoms with Crippen molar-refractivity contribution in [2.45, 2.75) is 51.1 Å². The highest BCUT2D eigenvalue weighted by Crippen LogP contribution is 2.27. The van der Waals surface area contributed by atoms with Crippen molar-refractivity contribution in [1.29, 1.82) is 0 Å². The van der Waals surface area contributed by atoms with Crippen LogP contribution >= 0.6 is 11.3 Å². The highest BCUT2D eigenvalue weighted by atomic mass is 32.2. The average molecular weight is 473 g/mol. The first-order chi connectivity index (χ1) is 15.4. The molecule has 1 saturated heterocycles. The zero-order chi connectivity index (χ0) is 22.7. The molecule has 0 unspecified atom stereocenters. The fourth-order valence-corrected chi connectivity index (χ4v) is 6.89. The molecule has 0 radical (unpaired) electrons. The van der Waals surface area contributed by atoms with Gasteiger partial charge in [-0.05, 0) is 43.7 Å². The van der Waals surface area contributed by atoms with E-state index in [-0.39, 0.29) is 15.7 Å². The standard InChI is InChI=1S/C23H28N4O3S2/c1-17-20(18(2)27(25-17)16-19-9-5-3-6-10-19)15-24-23(28)22-21(11-14-31-22)32(29,30)26-12-7-4-8-13-26/h3,5-6,9-11,14H,4,7-8,12-13,15-16H2,1-2H3,(H,24,28). The number of thiophene rings is 1. The third-order valence-electron chi connectivity index (χ3n) is 5.90. The van der Waals surface area contributed by atoms with Crippen molar-refractivity contribution >= 4 is 27.3 Å². The molecule has 0 spiro atoms. The van der Waals surface area contributed by atoms with Crippen LogP contribution in [0.15, 0.2) is 46.7 Å². The lowest BCUT2D eigenvalue weighted by atomic mass is 10.2. The van der Waals surface area contributed by atoms with Crippen LogP contribution in [0.1, 0.15) is 51.4 Å². The summed E-state index contributed by atoms with van der Waals surface area (Å²) < 4.78 is 29.6. The van der Waals surface area contributed by atoms with Gasteiger partial charge < -0.3 is 5.32 Å². The van der Waals surface area contributed by atoms with Gasteiger partial charge in [0.05, 0.1) is 12.2 Å². The molecule has 0 aliphatic carbocycles. The van der Waals surface area contributed by atoms with Gasteiger partial charge >= 0.3 is 0 Å². The van der Waals surface area contributed by atoms with Crippen LogP contribution in [-0.2, 0) is 23.1 Å². The second kappa shape index (κ2) is 9.56. The number of rotatable bonds is 7. The number of benzene rings is 1. The van der Waals surface area contributed by atoms with Crippen molar-refractivity contribution in [3.05, 3.63) is 69.2 Å². The fraction of sp³-hybridized carbons (Fsp3) is 0.391. The first kappa shape index (κ1) is 22.7. The minimum Gasteiger partial charge on any atom is -0.347 e. The van der Waals surface area contributed by atoms with Crippen molar-refractivity contribution < 1.29 is 13.2 Å². The lowest BCUT2D eigenvalue weighted by Crippen LogP contribution is -2.36. The molecular weight excluding hydrogens is 444 g/mol. The van der Waals surface area contributed by atoms with Crippen molar-refractivity contribution in [3.63, 3.8) is 0 Å². The molecule has 0 bridgehead atoms. The van der Waals surface area contributed by atoms with Crippen LogP contribution in [0.4, 0.5) is 0 Å². The summed E-state index contributed by atoms with van der Waals surface area (Å²) in [6.45, 7) is 5.89. The Balaban J connectivity index is 1.48. The van der Waals surface area contributed by atoms with Crippen LogP contribution in [0.5, 0.6) is 0 Å². The van der Waals surface area contributed by atoms with Crippen LogP contribution in [0.25, 0.3) is 0 Å². The molecule has 1 amide bonds. The number of aromatic nitrogens is 2. The smallest absolute Gasteiger partial charge is 0.263 e. The van der Waals surface area contributed by atoms with Crippen LogP contribution in [-0.4, -0.2) is 41.5 Å². The summed E-state index contributed by atoms with van der Waals surface area (Å²) in [6, 6.07) is 11.6. The predicted octanol–water partition coefficient (Wildman–Crippen LogP) is 3.71. The minimum absolute atomic E-state index is 0.107. The molecule has 3 aromatic rings. The minimum atomic E-state index is -3.66. The van der Waals surface area contributed by atoms with E-state index in [0.717, 1.165) is 53.1 Å². The molecule has 1 N–H and O–H groups in total. The largest absolute Gasteiger partial charge is 0.347 e. The summed E-state index contributed by atoms with van der Waals surface area (Å²) in [5.41, 5.74) is 3.94. The number of nitrogens with one attached hydrogen (secondary N) is 1. The molecule has 170 valence electrons. The number of amides is 1. The highest BCUT2D eigenvalue weighted by Gasteiger charge is 2.31. The molecule has 1 aliphatic heterocycles. The van der Waals surface area contributed by atoms with Gasteiger partial charge in [-0.25, -0.2) is 8.42 Å². The van der Waals surface area contributed by atoms with Crippen LogP contribution in [0.2, 0.25) is 0 Å². The van der Waals surface area contributed by atoms with E-state index in [2.05, 4.69) is 22.5 Å². The molecule has 32 heavy (non-hydrogen) atoms. The number of sulfonamides is 1. The Morgan fingerprint density at radius 2 is 1.81 bits per heavy atom. The van der Waals surface area contributed by atoms with Crippen molar-refractivity contribution in [3.8, 4) is 0 Å². The van der Waals surface area contributed by atoms with Gasteiger partial charge in [-0.15, -0.1) is 11.3 Å². The third kappa shape index (κ3) is 4.65. The van der Waals surface area contributed by atoms with Gasteiger partial charge in [-0.1, -0.05) is 36.8 Å². The number of piperidine rings is 1. The maximum Gasteiger partial charge on any atom is 0.263 e. The van der Waals surface area contributed by atoms with E-state index in [9.17, 15) is 13.2 Å². The van der Waals surface area contributed by atoms with Gasteiger partial charge in [0.2, 0.25) is 10.0 Å². The molecule has 1 aliphatic rings. The van der Waals surface area contributed by atoms with Gasteiger partial charge in [-0.2, -0.15) is 9.40 Å². The van der Waals surface area contributed by atoms with Gasteiger partial charge in [0.25, 0.3) is 5.91 Å². The number of carbonyl (C=O) groups is 1. The Kier molecular flexibility index (Phi) is 6.78. The van der Waals surface area contributed by atoms with E-state index in [1.165, 1.54) is 10.4 Å². The number of carbonyl (C=O) groups excluding carboxylic acids is 1. The molecule has 0 atom stereocenters. The Morgan fingerprint density at radius 3 is 2.53 bits per heavy atom. The molecule has 2 aromatic heterocycles. The summed E-state index contributed by atoms with van der Waals surface area (Å²) >= 11 is 1.16. The van der Waals surface area contributed by atoms with Gasteiger partial charge in [0.15, 0.2) is 0 Å². The zero-order valence-corrected chi connectivity index (χ0v) is 20.0. The summed E-state index contributed by atoms with van der Waals surface area (Å²) in [5, 5.41) is 9.21. The number of hydrogen-bond acceptors (Lipinski definition) is 5. The second-order valence-corrected chi connectivity index (χ2v) is 10.9. The van der Waals surface area contributed by atoms with E-state index in [4.69, 9.17) is 0 Å². The van der Waals surface area contributed by atoms with Crippen LogP contribution in [0, 0.1) is 13.8 Å². The molecule has 3 heterocycles. The summed E-state index contributed by atoms with van der Waals surface area (Å²) in [7, 11) is -3.66. The van der Waals surface area contributed by atoms with E-state index in [1.54, 1.807) is 5.38 Å². The molecule has 1 fully saturated rings. The molecule has 0 saturated carbocycles. The summed E-state index contributed by atoms with van der Waals surface area (Å²) in [4.78, 5) is 13.3. The predicted molar refractivity (Wildman–Crippen MR) is 125 cm³/mol. The molecular formula is C23H28N4O3S2. The van der Waals surface area contributed by atoms with E-state index in [1.807, 2.05) is 36.7 Å². The molecule has 7 nitrogen and oxygen atoms in total. The Bertz CT molecular complexity index is 1190. The van der Waals surface area contributed by atoms with Gasteiger partial charge in [-0.3, -0.25) is 9.48 Å². The van der Waals surface area contributed by atoms with E-state index in [0.29, 0.717) is 26.2 Å². The maximum atomic E-state index is 13.1. The lowest BCUT2D eigenvalue weighted by Gasteiger charge is -2.25. The second-order valence-electron chi connectivity index (χ2n) is 8.05. The summed E-state index contributed by atoms with van der Waals surface area (Å²) in [6.07, 6.45) is 2.76. The lowest BCUT2D eigenvalue weighted by molar-refractivity contribution is 0.0951. The quantitative estimate of drug-likeness (QED) is 0.568.